The van der Waals surface area contributed by atoms with Crippen molar-refractivity contribution >= 4 is 43.8 Å². The van der Waals surface area contributed by atoms with E-state index >= 15 is 0 Å². The largest absolute Gasteiger partial charge is 0.399 e. The summed E-state index contributed by atoms with van der Waals surface area (Å²) in [6.07, 6.45) is 0. The fourth-order valence-corrected chi connectivity index (χ4v) is 4.00. The van der Waals surface area contributed by atoms with Gasteiger partial charge in [0.25, 0.3) is 0 Å². The van der Waals surface area contributed by atoms with Crippen LogP contribution in [-0.2, 0) is 16.6 Å². The number of halogens is 1. The van der Waals surface area contributed by atoms with E-state index in [0.29, 0.717) is 11.4 Å². The molecule has 84 valence electrons. The van der Waals surface area contributed by atoms with Gasteiger partial charge in [-0.15, -0.1) is 11.3 Å². The molecule has 2 aromatic rings. The molecule has 2 rings (SSSR count). The Morgan fingerprint density at radius 3 is 2.81 bits per heavy atom. The Morgan fingerprint density at radius 1 is 1.38 bits per heavy atom. The van der Waals surface area contributed by atoms with Crippen molar-refractivity contribution in [3.05, 3.63) is 45.7 Å². The van der Waals surface area contributed by atoms with Crippen LogP contribution in [-0.4, -0.2) is 4.21 Å². The topological polar surface area (TPSA) is 43.1 Å². The molecule has 2 nitrogen and oxygen atoms in total. The molecule has 0 saturated heterocycles. The monoisotopic (exact) mass is 315 g/mol. The van der Waals surface area contributed by atoms with Crippen LogP contribution in [0.25, 0.3) is 0 Å². The molecular weight excluding hydrogens is 306 g/mol. The van der Waals surface area contributed by atoms with E-state index in [2.05, 4.69) is 15.9 Å². The molecule has 1 atom stereocenters. The number of hydrogen-bond donors (Lipinski definition) is 1. The Hall–Kier alpha value is -0.650. The van der Waals surface area contributed by atoms with Crippen molar-refractivity contribution in [1.29, 1.82) is 0 Å². The van der Waals surface area contributed by atoms with Gasteiger partial charge in [0.05, 0.1) is 20.8 Å². The number of hydrogen-bond acceptors (Lipinski definition) is 3. The van der Waals surface area contributed by atoms with E-state index in [0.717, 1.165) is 14.2 Å². The van der Waals surface area contributed by atoms with Gasteiger partial charge >= 0.3 is 0 Å². The quantitative estimate of drug-likeness (QED) is 0.882. The van der Waals surface area contributed by atoms with Gasteiger partial charge < -0.3 is 5.73 Å². The van der Waals surface area contributed by atoms with Gasteiger partial charge in [-0.25, -0.2) is 0 Å². The Morgan fingerprint density at radius 2 is 2.19 bits per heavy atom. The number of nitrogens with two attached hydrogens (primary N) is 1. The highest BCUT2D eigenvalue weighted by Gasteiger charge is 2.07. The number of benzene rings is 1. The molecule has 1 aromatic heterocycles. The van der Waals surface area contributed by atoms with E-state index in [1.165, 1.54) is 11.3 Å². The van der Waals surface area contributed by atoms with Gasteiger partial charge in [0.15, 0.2) is 0 Å². The van der Waals surface area contributed by atoms with Crippen molar-refractivity contribution in [3.8, 4) is 0 Å². The number of thiophene rings is 1. The van der Waals surface area contributed by atoms with Crippen LogP contribution in [0.4, 0.5) is 5.69 Å². The Balaban J connectivity index is 2.18. The lowest BCUT2D eigenvalue weighted by Crippen LogP contribution is -1.96. The van der Waals surface area contributed by atoms with E-state index in [1.54, 1.807) is 0 Å². The van der Waals surface area contributed by atoms with E-state index in [-0.39, 0.29) is 0 Å². The fraction of sp³-hybridized carbons (Fsp3) is 0.0909. The Labute approximate surface area is 109 Å². The standard InChI is InChI=1S/C11H10BrNOS2/c12-9-4-8(5-10(13)6-9)7-16(14)11-2-1-3-15-11/h1-6H,7,13H2. The first-order valence-corrected chi connectivity index (χ1v) is 7.61. The van der Waals surface area contributed by atoms with Gasteiger partial charge in [-0.3, -0.25) is 4.21 Å². The Bertz CT molecular complexity index is 490. The van der Waals surface area contributed by atoms with Crippen LogP contribution < -0.4 is 5.73 Å². The molecule has 0 radical (unpaired) electrons. The summed E-state index contributed by atoms with van der Waals surface area (Å²) in [4.78, 5) is 0. The number of anilines is 1. The van der Waals surface area contributed by atoms with Crippen LogP contribution >= 0.6 is 27.3 Å². The summed E-state index contributed by atoms with van der Waals surface area (Å²) in [5.41, 5.74) is 7.40. The zero-order valence-electron chi connectivity index (χ0n) is 8.35. The second-order valence-corrected chi connectivity index (χ2v) is 6.86. The van der Waals surface area contributed by atoms with Crippen LogP contribution in [0.5, 0.6) is 0 Å². The molecular formula is C11H10BrNOS2. The lowest BCUT2D eigenvalue weighted by molar-refractivity contribution is 0.684. The zero-order valence-corrected chi connectivity index (χ0v) is 11.6. The summed E-state index contributed by atoms with van der Waals surface area (Å²) in [7, 11) is -0.978. The first-order valence-electron chi connectivity index (χ1n) is 4.62. The summed E-state index contributed by atoms with van der Waals surface area (Å²) in [5.74, 6) is 0.504. The molecule has 16 heavy (non-hydrogen) atoms. The lowest BCUT2D eigenvalue weighted by atomic mass is 10.2. The van der Waals surface area contributed by atoms with Crippen LogP contribution in [0.3, 0.4) is 0 Å². The normalized spacial score (nSPS) is 12.6. The molecule has 1 heterocycles. The molecule has 0 saturated carbocycles. The predicted octanol–water partition coefficient (Wildman–Crippen LogP) is 3.40. The molecule has 0 aliphatic carbocycles. The molecule has 0 fully saturated rings. The molecule has 1 unspecified atom stereocenters. The maximum atomic E-state index is 12.0. The Kier molecular flexibility index (Phi) is 3.78. The SMILES string of the molecule is Nc1cc(Br)cc(CS(=O)c2cccs2)c1. The van der Waals surface area contributed by atoms with Gasteiger partial charge in [0.2, 0.25) is 0 Å². The van der Waals surface area contributed by atoms with E-state index in [1.807, 2.05) is 35.7 Å². The predicted molar refractivity (Wildman–Crippen MR) is 73.0 cm³/mol. The van der Waals surface area contributed by atoms with Crippen LogP contribution in [0.1, 0.15) is 5.56 Å². The van der Waals surface area contributed by atoms with Crippen molar-refractivity contribution in [2.45, 2.75) is 9.96 Å². The highest BCUT2D eigenvalue weighted by molar-refractivity contribution is 9.10. The van der Waals surface area contributed by atoms with Crippen LogP contribution in [0, 0.1) is 0 Å². The summed E-state index contributed by atoms with van der Waals surface area (Å²) < 4.78 is 13.8. The van der Waals surface area contributed by atoms with Crippen LogP contribution in [0.2, 0.25) is 0 Å². The van der Waals surface area contributed by atoms with E-state index in [4.69, 9.17) is 5.73 Å². The van der Waals surface area contributed by atoms with Crippen molar-refractivity contribution in [2.75, 3.05) is 5.73 Å². The summed E-state index contributed by atoms with van der Waals surface area (Å²) >= 11 is 4.89. The third-order valence-electron chi connectivity index (χ3n) is 2.00. The van der Waals surface area contributed by atoms with Crippen molar-refractivity contribution in [1.82, 2.24) is 0 Å². The second-order valence-electron chi connectivity index (χ2n) is 3.31. The van der Waals surface area contributed by atoms with Crippen molar-refractivity contribution in [2.24, 2.45) is 0 Å². The maximum Gasteiger partial charge on any atom is 0.0913 e. The smallest absolute Gasteiger partial charge is 0.0913 e. The van der Waals surface area contributed by atoms with Gasteiger partial charge in [-0.2, -0.15) is 0 Å². The van der Waals surface area contributed by atoms with Gasteiger partial charge in [0, 0.05) is 10.2 Å². The average Bonchev–Trinajstić information content (AvgIpc) is 2.68. The zero-order chi connectivity index (χ0) is 11.5. The molecule has 0 aliphatic heterocycles. The minimum atomic E-state index is -0.978. The average molecular weight is 316 g/mol. The number of nitrogen functional groups attached to an aromatic ring is 1. The minimum absolute atomic E-state index is 0.504. The van der Waals surface area contributed by atoms with E-state index < -0.39 is 10.8 Å². The summed E-state index contributed by atoms with van der Waals surface area (Å²) in [5, 5.41) is 1.93. The number of rotatable bonds is 3. The van der Waals surface area contributed by atoms with Crippen molar-refractivity contribution in [3.63, 3.8) is 0 Å². The van der Waals surface area contributed by atoms with Gasteiger partial charge in [-0.1, -0.05) is 22.0 Å². The maximum absolute atomic E-state index is 12.0. The second kappa shape index (κ2) is 5.12. The minimum Gasteiger partial charge on any atom is -0.399 e. The third kappa shape index (κ3) is 2.93. The molecule has 2 N–H and O–H groups in total. The summed E-state index contributed by atoms with van der Waals surface area (Å²) in [6, 6.07) is 9.44. The molecule has 0 spiro atoms. The first-order chi connectivity index (χ1) is 7.65. The molecule has 0 amide bonds. The fourth-order valence-electron chi connectivity index (χ4n) is 1.37. The molecule has 1 aromatic carbocycles. The highest BCUT2D eigenvalue weighted by atomic mass is 79.9. The molecule has 0 aliphatic rings. The highest BCUT2D eigenvalue weighted by Crippen LogP contribution is 2.22. The third-order valence-corrected chi connectivity index (χ3v) is 5.14. The molecule has 0 bridgehead atoms. The van der Waals surface area contributed by atoms with Crippen LogP contribution in [0.15, 0.2) is 44.4 Å². The summed E-state index contributed by atoms with van der Waals surface area (Å²) in [6.45, 7) is 0. The van der Waals surface area contributed by atoms with Gasteiger partial charge in [-0.05, 0) is 35.2 Å². The first kappa shape index (κ1) is 11.8. The van der Waals surface area contributed by atoms with Gasteiger partial charge in [0.1, 0.15) is 0 Å². The van der Waals surface area contributed by atoms with Crippen molar-refractivity contribution < 1.29 is 4.21 Å². The van der Waals surface area contributed by atoms with E-state index in [9.17, 15) is 4.21 Å². The molecule has 5 heteroatoms. The lowest BCUT2D eigenvalue weighted by Gasteiger charge is -2.03.